The van der Waals surface area contributed by atoms with Gasteiger partial charge in [0.15, 0.2) is 0 Å². The van der Waals surface area contributed by atoms with Crippen LogP contribution in [0.2, 0.25) is 0 Å². The van der Waals surface area contributed by atoms with E-state index in [-0.39, 0.29) is 29.9 Å². The minimum absolute atomic E-state index is 0. The smallest absolute Gasteiger partial charge is 0.336 e. The maximum absolute atomic E-state index is 12.8. The van der Waals surface area contributed by atoms with Gasteiger partial charge in [0, 0.05) is 44.6 Å². The molecule has 1 aromatic heterocycles. The molecule has 9 heteroatoms. The Morgan fingerprint density at radius 2 is 1.96 bits per heavy atom. The first kappa shape index (κ1) is 19.3. The minimum Gasteiger partial charge on any atom is -0.336 e. The zero-order chi connectivity index (χ0) is 17.3. The molecule has 1 aliphatic heterocycles. The number of halogens is 4. The fourth-order valence-corrected chi connectivity index (χ4v) is 2.84. The molecule has 1 unspecified atom stereocenters. The Bertz CT molecular complexity index is 730. The topological polar surface area (TPSA) is 50.2 Å². The highest BCUT2D eigenvalue weighted by Crippen LogP contribution is 2.30. The molecule has 0 saturated carbocycles. The summed E-state index contributed by atoms with van der Waals surface area (Å²) >= 11 is 0. The first-order chi connectivity index (χ1) is 11.4. The average molecular weight is 375 g/mol. The Morgan fingerprint density at radius 1 is 1.28 bits per heavy atom. The molecule has 3 rings (SSSR count). The molecule has 0 aliphatic carbocycles. The molecule has 0 spiro atoms. The van der Waals surface area contributed by atoms with Gasteiger partial charge in [-0.1, -0.05) is 0 Å². The van der Waals surface area contributed by atoms with Gasteiger partial charge in [-0.15, -0.1) is 12.4 Å². The van der Waals surface area contributed by atoms with E-state index < -0.39 is 11.7 Å². The van der Waals surface area contributed by atoms with Crippen LogP contribution in [0.15, 0.2) is 36.7 Å². The van der Waals surface area contributed by atoms with Crippen LogP contribution in [0.4, 0.5) is 13.2 Å². The zero-order valence-electron chi connectivity index (χ0n) is 13.5. The summed E-state index contributed by atoms with van der Waals surface area (Å²) in [5.41, 5.74) is -0.524. The lowest BCUT2D eigenvalue weighted by molar-refractivity contribution is -0.137. The molecule has 136 valence electrons. The maximum atomic E-state index is 12.8. The van der Waals surface area contributed by atoms with Crippen molar-refractivity contribution in [2.75, 3.05) is 19.6 Å². The third-order valence-corrected chi connectivity index (χ3v) is 4.12. The van der Waals surface area contributed by atoms with Gasteiger partial charge in [-0.2, -0.15) is 13.2 Å². The number of carbonyl (C=O) groups is 1. The van der Waals surface area contributed by atoms with Crippen LogP contribution in [0, 0.1) is 0 Å². The van der Waals surface area contributed by atoms with Crippen molar-refractivity contribution in [2.45, 2.75) is 12.2 Å². The number of amides is 1. The SMILES string of the molecule is Cl.Cn1ccnc1C1CNCCN1C(=O)c1ccc(C(F)(F)F)cc1. The fraction of sp³-hybridized carbons (Fsp3) is 0.375. The molecule has 1 amide bonds. The Morgan fingerprint density at radius 3 is 2.52 bits per heavy atom. The number of rotatable bonds is 2. The molecule has 25 heavy (non-hydrogen) atoms. The number of hydrogen-bond donors (Lipinski definition) is 1. The maximum Gasteiger partial charge on any atom is 0.416 e. The van der Waals surface area contributed by atoms with E-state index in [1.54, 1.807) is 17.3 Å². The van der Waals surface area contributed by atoms with E-state index in [0.717, 1.165) is 18.0 Å². The Kier molecular flexibility index (Phi) is 5.74. The number of benzene rings is 1. The van der Waals surface area contributed by atoms with Gasteiger partial charge < -0.3 is 14.8 Å². The molecule has 5 nitrogen and oxygen atoms in total. The van der Waals surface area contributed by atoms with Crippen LogP contribution >= 0.6 is 12.4 Å². The summed E-state index contributed by atoms with van der Waals surface area (Å²) in [7, 11) is 1.84. The monoisotopic (exact) mass is 374 g/mol. The second kappa shape index (κ2) is 7.45. The number of aromatic nitrogens is 2. The van der Waals surface area contributed by atoms with Crippen molar-refractivity contribution < 1.29 is 18.0 Å². The second-order valence-corrected chi connectivity index (χ2v) is 5.69. The van der Waals surface area contributed by atoms with Crippen LogP contribution in [0.3, 0.4) is 0 Å². The predicted molar refractivity (Wildman–Crippen MR) is 88.5 cm³/mol. The molecule has 1 aliphatic rings. The zero-order valence-corrected chi connectivity index (χ0v) is 14.3. The van der Waals surface area contributed by atoms with E-state index in [1.165, 1.54) is 12.1 Å². The minimum atomic E-state index is -4.41. The van der Waals surface area contributed by atoms with Crippen LogP contribution in [0.1, 0.15) is 27.8 Å². The lowest BCUT2D eigenvalue weighted by Gasteiger charge is -2.35. The van der Waals surface area contributed by atoms with E-state index in [1.807, 2.05) is 11.6 Å². The lowest BCUT2D eigenvalue weighted by atomic mass is 10.1. The molecule has 0 bridgehead atoms. The molecule has 1 atom stereocenters. The summed E-state index contributed by atoms with van der Waals surface area (Å²) in [4.78, 5) is 18.7. The highest BCUT2D eigenvalue weighted by molar-refractivity contribution is 5.94. The number of aryl methyl sites for hydroxylation is 1. The fourth-order valence-electron chi connectivity index (χ4n) is 2.84. The third-order valence-electron chi connectivity index (χ3n) is 4.12. The number of alkyl halides is 3. The molecular weight excluding hydrogens is 357 g/mol. The number of nitrogens with one attached hydrogen (secondary N) is 1. The number of nitrogens with zero attached hydrogens (tertiary/aromatic N) is 3. The molecule has 1 saturated heterocycles. The summed E-state index contributed by atoms with van der Waals surface area (Å²) in [5.74, 6) is 0.445. The average Bonchev–Trinajstić information content (AvgIpc) is 2.99. The van der Waals surface area contributed by atoms with Crippen molar-refractivity contribution >= 4 is 18.3 Å². The molecule has 2 heterocycles. The van der Waals surface area contributed by atoms with Crippen LogP contribution in [0.5, 0.6) is 0 Å². The van der Waals surface area contributed by atoms with E-state index >= 15 is 0 Å². The summed E-state index contributed by atoms with van der Waals surface area (Å²) in [6.45, 7) is 1.65. The third kappa shape index (κ3) is 3.96. The van der Waals surface area contributed by atoms with Crippen molar-refractivity contribution in [3.63, 3.8) is 0 Å². The molecular formula is C16H18ClF3N4O. The van der Waals surface area contributed by atoms with E-state index in [4.69, 9.17) is 0 Å². The predicted octanol–water partition coefficient (Wildman–Crippen LogP) is 2.65. The highest BCUT2D eigenvalue weighted by atomic mass is 35.5. The summed E-state index contributed by atoms with van der Waals surface area (Å²) in [6.07, 6.45) is -0.957. The standard InChI is InChI=1S/C16H17F3N4O.ClH/c1-22-8-7-21-14(22)13-10-20-6-9-23(13)15(24)11-2-4-12(5-3-11)16(17,18)19;/h2-5,7-8,13,20H,6,9-10H2,1H3;1H. The van der Waals surface area contributed by atoms with Crippen LogP contribution in [0.25, 0.3) is 0 Å². The first-order valence-electron chi connectivity index (χ1n) is 7.54. The van der Waals surface area contributed by atoms with Gasteiger partial charge in [-0.3, -0.25) is 4.79 Å². The molecule has 2 aromatic rings. The Hall–Kier alpha value is -2.06. The number of imidazole rings is 1. The summed E-state index contributed by atoms with van der Waals surface area (Å²) < 4.78 is 39.8. The normalized spacial score (nSPS) is 17.9. The largest absolute Gasteiger partial charge is 0.416 e. The van der Waals surface area contributed by atoms with Crippen LogP contribution < -0.4 is 5.32 Å². The van der Waals surface area contributed by atoms with Crippen molar-refractivity contribution in [1.82, 2.24) is 19.8 Å². The molecule has 1 fully saturated rings. The van der Waals surface area contributed by atoms with Crippen molar-refractivity contribution in [2.24, 2.45) is 7.05 Å². The quantitative estimate of drug-likeness (QED) is 0.879. The molecule has 1 aromatic carbocycles. The van der Waals surface area contributed by atoms with E-state index in [9.17, 15) is 18.0 Å². The van der Waals surface area contributed by atoms with Gasteiger partial charge in [-0.05, 0) is 24.3 Å². The van der Waals surface area contributed by atoms with E-state index in [0.29, 0.717) is 19.6 Å². The summed E-state index contributed by atoms with van der Waals surface area (Å²) in [6, 6.07) is 4.07. The van der Waals surface area contributed by atoms with Gasteiger partial charge >= 0.3 is 6.18 Å². The van der Waals surface area contributed by atoms with E-state index in [2.05, 4.69) is 10.3 Å². The number of piperazine rings is 1. The highest BCUT2D eigenvalue weighted by Gasteiger charge is 2.33. The van der Waals surface area contributed by atoms with Gasteiger partial charge in [0.1, 0.15) is 11.9 Å². The Balaban J connectivity index is 0.00000225. The lowest BCUT2D eigenvalue weighted by Crippen LogP contribution is -2.49. The first-order valence-corrected chi connectivity index (χ1v) is 7.54. The van der Waals surface area contributed by atoms with Crippen molar-refractivity contribution in [3.05, 3.63) is 53.6 Å². The summed E-state index contributed by atoms with van der Waals surface area (Å²) in [5, 5.41) is 3.22. The van der Waals surface area contributed by atoms with Gasteiger partial charge in [-0.25, -0.2) is 4.98 Å². The van der Waals surface area contributed by atoms with Gasteiger partial charge in [0.2, 0.25) is 0 Å². The van der Waals surface area contributed by atoms with Crippen LogP contribution in [-0.2, 0) is 13.2 Å². The molecule has 1 N–H and O–H groups in total. The molecule has 0 radical (unpaired) electrons. The van der Waals surface area contributed by atoms with Gasteiger partial charge in [0.25, 0.3) is 5.91 Å². The van der Waals surface area contributed by atoms with Crippen molar-refractivity contribution in [1.29, 1.82) is 0 Å². The van der Waals surface area contributed by atoms with Gasteiger partial charge in [0.05, 0.1) is 5.56 Å². The van der Waals surface area contributed by atoms with Crippen LogP contribution in [-0.4, -0.2) is 40.0 Å². The number of carbonyl (C=O) groups excluding carboxylic acids is 1. The van der Waals surface area contributed by atoms with Crippen molar-refractivity contribution in [3.8, 4) is 0 Å². The second-order valence-electron chi connectivity index (χ2n) is 5.69. The number of hydrogen-bond acceptors (Lipinski definition) is 3. The Labute approximate surface area is 149 Å².